The van der Waals surface area contributed by atoms with Crippen LogP contribution >= 0.6 is 0 Å². The largest absolute Gasteiger partial charge is 0.508 e. The van der Waals surface area contributed by atoms with Crippen molar-refractivity contribution in [3.8, 4) is 5.75 Å². The number of hydrazone groups is 1. The normalized spacial score (nSPS) is 10.4. The number of nitrogens with zero attached hydrogens (tertiary/aromatic N) is 1. The van der Waals surface area contributed by atoms with Crippen LogP contribution in [-0.2, 0) is 4.79 Å². The highest BCUT2D eigenvalue weighted by Gasteiger charge is 2.06. The van der Waals surface area contributed by atoms with Crippen molar-refractivity contribution in [1.82, 2.24) is 10.7 Å². The van der Waals surface area contributed by atoms with Crippen molar-refractivity contribution in [2.75, 3.05) is 6.54 Å². The summed E-state index contributed by atoms with van der Waals surface area (Å²) in [5, 5.41) is 15.4. The molecule has 6 nitrogen and oxygen atoms in total. The van der Waals surface area contributed by atoms with Crippen LogP contribution in [0.1, 0.15) is 15.9 Å². The van der Waals surface area contributed by atoms with E-state index in [0.29, 0.717) is 5.56 Å². The van der Waals surface area contributed by atoms with E-state index >= 15 is 0 Å². The minimum absolute atomic E-state index is 0.157. The van der Waals surface area contributed by atoms with E-state index in [2.05, 4.69) is 15.8 Å². The van der Waals surface area contributed by atoms with Crippen molar-refractivity contribution in [1.29, 1.82) is 0 Å². The molecule has 0 saturated carbocycles. The lowest BCUT2D eigenvalue weighted by Gasteiger charge is -2.03. The Morgan fingerprint density at radius 1 is 1.05 bits per heavy atom. The molecule has 0 unspecified atom stereocenters. The molecule has 2 amide bonds. The summed E-state index contributed by atoms with van der Waals surface area (Å²) >= 11 is 0. The first-order chi connectivity index (χ1) is 10.6. The van der Waals surface area contributed by atoms with Gasteiger partial charge in [-0.25, -0.2) is 5.43 Å². The van der Waals surface area contributed by atoms with Crippen LogP contribution in [0.5, 0.6) is 5.75 Å². The summed E-state index contributed by atoms with van der Waals surface area (Å²) in [6, 6.07) is 15.0. The van der Waals surface area contributed by atoms with Gasteiger partial charge in [0.15, 0.2) is 0 Å². The van der Waals surface area contributed by atoms with Crippen LogP contribution in [0.2, 0.25) is 0 Å². The Bertz CT molecular complexity index is 667. The molecule has 2 aromatic rings. The average Bonchev–Trinajstić information content (AvgIpc) is 2.55. The molecule has 2 rings (SSSR count). The van der Waals surface area contributed by atoms with E-state index < -0.39 is 5.91 Å². The standard InChI is InChI=1S/C16H15N3O3/c20-14-8-6-12(7-9-14)10-18-19-15(21)11-17-16(22)13-4-2-1-3-5-13/h1-10,20H,11H2,(H,17,22)(H,19,21)/b18-10+. The Morgan fingerprint density at radius 3 is 2.41 bits per heavy atom. The van der Waals surface area contributed by atoms with E-state index in [0.717, 1.165) is 5.56 Å². The minimum atomic E-state index is -0.431. The first kappa shape index (κ1) is 15.2. The summed E-state index contributed by atoms with van der Waals surface area (Å²) in [6.45, 7) is -0.166. The molecule has 6 heteroatoms. The third-order valence-corrected chi connectivity index (χ3v) is 2.74. The van der Waals surface area contributed by atoms with Gasteiger partial charge in [0.2, 0.25) is 0 Å². The van der Waals surface area contributed by atoms with Gasteiger partial charge in [-0.15, -0.1) is 0 Å². The molecule has 0 atom stereocenters. The van der Waals surface area contributed by atoms with Gasteiger partial charge in [-0.3, -0.25) is 9.59 Å². The quantitative estimate of drug-likeness (QED) is 0.573. The number of benzene rings is 2. The maximum Gasteiger partial charge on any atom is 0.259 e. The maximum atomic E-state index is 11.7. The number of aromatic hydroxyl groups is 1. The third kappa shape index (κ3) is 4.75. The summed E-state index contributed by atoms with van der Waals surface area (Å²) in [6.07, 6.45) is 1.44. The van der Waals surface area contributed by atoms with Crippen LogP contribution in [0.25, 0.3) is 0 Å². The molecule has 0 heterocycles. The molecule has 22 heavy (non-hydrogen) atoms. The zero-order chi connectivity index (χ0) is 15.8. The number of carbonyl (C=O) groups is 2. The molecule has 2 aromatic carbocycles. The van der Waals surface area contributed by atoms with E-state index in [1.54, 1.807) is 36.4 Å². The van der Waals surface area contributed by atoms with Crippen molar-refractivity contribution in [3.63, 3.8) is 0 Å². The van der Waals surface area contributed by atoms with Crippen molar-refractivity contribution < 1.29 is 14.7 Å². The summed E-state index contributed by atoms with van der Waals surface area (Å²) in [7, 11) is 0. The van der Waals surface area contributed by atoms with Crippen LogP contribution < -0.4 is 10.7 Å². The average molecular weight is 297 g/mol. The molecule has 0 spiro atoms. The highest BCUT2D eigenvalue weighted by Crippen LogP contribution is 2.07. The first-order valence-corrected chi connectivity index (χ1v) is 6.59. The van der Waals surface area contributed by atoms with Gasteiger partial charge in [0.1, 0.15) is 5.75 Å². The van der Waals surface area contributed by atoms with E-state index in [1.165, 1.54) is 18.3 Å². The van der Waals surface area contributed by atoms with Crippen LogP contribution in [0, 0.1) is 0 Å². The third-order valence-electron chi connectivity index (χ3n) is 2.74. The number of rotatable bonds is 5. The van der Waals surface area contributed by atoms with Gasteiger partial charge in [0, 0.05) is 5.56 Å². The monoisotopic (exact) mass is 297 g/mol. The lowest BCUT2D eigenvalue weighted by Crippen LogP contribution is -2.34. The second-order valence-electron chi connectivity index (χ2n) is 4.43. The van der Waals surface area contributed by atoms with Gasteiger partial charge in [-0.2, -0.15) is 5.10 Å². The fourth-order valence-electron chi connectivity index (χ4n) is 1.63. The Morgan fingerprint density at radius 2 is 1.73 bits per heavy atom. The van der Waals surface area contributed by atoms with Gasteiger partial charge in [0.25, 0.3) is 11.8 Å². The number of carbonyl (C=O) groups excluding carboxylic acids is 2. The van der Waals surface area contributed by atoms with Crippen molar-refractivity contribution in [3.05, 3.63) is 65.7 Å². The number of hydrogen-bond donors (Lipinski definition) is 3. The molecule has 0 radical (unpaired) electrons. The number of phenols is 1. The molecule has 0 aliphatic rings. The Hall–Kier alpha value is -3.15. The lowest BCUT2D eigenvalue weighted by molar-refractivity contribution is -0.120. The van der Waals surface area contributed by atoms with Gasteiger partial charge >= 0.3 is 0 Å². The molecule has 3 N–H and O–H groups in total. The molecule has 0 aromatic heterocycles. The van der Waals surface area contributed by atoms with E-state index in [1.807, 2.05) is 6.07 Å². The van der Waals surface area contributed by atoms with Crippen LogP contribution in [-0.4, -0.2) is 29.7 Å². The second-order valence-corrected chi connectivity index (χ2v) is 4.43. The first-order valence-electron chi connectivity index (χ1n) is 6.59. The van der Waals surface area contributed by atoms with Crippen LogP contribution in [0.4, 0.5) is 0 Å². The topological polar surface area (TPSA) is 90.8 Å². The van der Waals surface area contributed by atoms with Gasteiger partial charge in [-0.1, -0.05) is 18.2 Å². The SMILES string of the molecule is O=C(CNC(=O)c1ccccc1)N/N=C/c1ccc(O)cc1. The maximum absolute atomic E-state index is 11.7. The molecule has 0 bridgehead atoms. The van der Waals surface area contributed by atoms with Gasteiger partial charge < -0.3 is 10.4 Å². The Labute approximate surface area is 127 Å². The predicted molar refractivity (Wildman–Crippen MR) is 82.6 cm³/mol. The van der Waals surface area contributed by atoms with Crippen LogP contribution in [0.15, 0.2) is 59.7 Å². The smallest absolute Gasteiger partial charge is 0.259 e. The molecular formula is C16H15N3O3. The fourth-order valence-corrected chi connectivity index (χ4v) is 1.63. The zero-order valence-corrected chi connectivity index (χ0v) is 11.7. The zero-order valence-electron chi connectivity index (χ0n) is 11.7. The minimum Gasteiger partial charge on any atom is -0.508 e. The van der Waals surface area contributed by atoms with E-state index in [4.69, 9.17) is 5.11 Å². The van der Waals surface area contributed by atoms with Crippen molar-refractivity contribution >= 4 is 18.0 Å². The highest BCUT2D eigenvalue weighted by atomic mass is 16.3. The predicted octanol–water partition coefficient (Wildman–Crippen LogP) is 1.27. The molecule has 112 valence electrons. The molecular weight excluding hydrogens is 282 g/mol. The Kier molecular flexibility index (Phi) is 5.25. The number of nitrogens with one attached hydrogen (secondary N) is 2. The highest BCUT2D eigenvalue weighted by molar-refractivity contribution is 5.96. The number of hydrogen-bond acceptors (Lipinski definition) is 4. The van der Waals surface area contributed by atoms with Crippen LogP contribution in [0.3, 0.4) is 0 Å². The number of phenolic OH excluding ortho intramolecular Hbond substituents is 1. The molecule has 0 aliphatic carbocycles. The molecule has 0 aliphatic heterocycles. The lowest BCUT2D eigenvalue weighted by atomic mass is 10.2. The van der Waals surface area contributed by atoms with Crippen molar-refractivity contribution in [2.45, 2.75) is 0 Å². The summed E-state index contributed by atoms with van der Waals surface area (Å²) < 4.78 is 0. The summed E-state index contributed by atoms with van der Waals surface area (Å²) in [4.78, 5) is 23.3. The number of amides is 2. The second kappa shape index (κ2) is 7.58. The molecule has 0 fully saturated rings. The van der Waals surface area contributed by atoms with E-state index in [9.17, 15) is 9.59 Å². The summed E-state index contributed by atoms with van der Waals surface area (Å²) in [5.74, 6) is -0.595. The van der Waals surface area contributed by atoms with Gasteiger partial charge in [0.05, 0.1) is 12.8 Å². The molecule has 0 saturated heterocycles. The van der Waals surface area contributed by atoms with Gasteiger partial charge in [-0.05, 0) is 42.0 Å². The summed E-state index contributed by atoms with van der Waals surface area (Å²) in [5.41, 5.74) is 3.52. The Balaban J connectivity index is 1.76. The fraction of sp³-hybridized carbons (Fsp3) is 0.0625. The van der Waals surface area contributed by atoms with Crippen molar-refractivity contribution in [2.24, 2.45) is 5.10 Å². The van der Waals surface area contributed by atoms with E-state index in [-0.39, 0.29) is 18.2 Å².